The summed E-state index contributed by atoms with van der Waals surface area (Å²) in [6, 6.07) is 0. The molecular weight excluding hydrogens is 733 g/mol. The Morgan fingerprint density at radius 1 is 0.267 bits per heavy atom. The van der Waals surface area contributed by atoms with Crippen molar-refractivity contribution in [2.45, 2.75) is 0 Å². The predicted molar refractivity (Wildman–Crippen MR) is 228 cm³/mol. The minimum absolute atomic E-state index is 0.0477. The Bertz CT molecular complexity index is 3070. The Hall–Kier alpha value is -10.5. The van der Waals surface area contributed by atoms with Gasteiger partial charge in [-0.05, 0) is 191 Å². The highest BCUT2D eigenvalue weighted by molar-refractivity contribution is 6.53. The SMILES string of the molecule is CN1C=CC(=C=C=C=C=C=C=C=C=C=C=C2C(=N)C(=C=C=C=C=C=C=C=C=C=C=C3C=CN(C)C=C3)C(=N)C(=C=C=C=C=C=C=C=C=C=C=C3C=CN(C)C=C3)C2=N)C=C1. The molecule has 0 saturated heterocycles. The van der Waals surface area contributed by atoms with Gasteiger partial charge in [-0.15, -0.1) is 0 Å². The lowest BCUT2D eigenvalue weighted by Gasteiger charge is -2.18. The summed E-state index contributed by atoms with van der Waals surface area (Å²) in [7, 11) is 5.75. The molecule has 6 nitrogen and oxygen atoms in total. The van der Waals surface area contributed by atoms with Crippen LogP contribution in [0, 0.1) is 16.2 Å². The lowest BCUT2D eigenvalue weighted by molar-refractivity contribution is 0.620. The Morgan fingerprint density at radius 2 is 0.433 bits per heavy atom. The molecule has 3 heterocycles. The van der Waals surface area contributed by atoms with E-state index >= 15 is 0 Å². The molecule has 3 N–H and O–H groups in total. The Morgan fingerprint density at radius 3 is 0.633 bits per heavy atom. The number of rotatable bonds is 0. The van der Waals surface area contributed by atoms with Crippen LogP contribution in [0.5, 0.6) is 0 Å². The van der Waals surface area contributed by atoms with Crippen LogP contribution in [-0.2, 0) is 0 Å². The lowest BCUT2D eigenvalue weighted by Crippen LogP contribution is -2.29. The van der Waals surface area contributed by atoms with E-state index in [2.05, 4.69) is 172 Å². The van der Waals surface area contributed by atoms with E-state index in [1.54, 1.807) is 0 Å². The highest BCUT2D eigenvalue weighted by Crippen LogP contribution is 2.22. The molecule has 0 atom stereocenters. The van der Waals surface area contributed by atoms with Gasteiger partial charge in [0.05, 0.1) is 33.9 Å². The van der Waals surface area contributed by atoms with E-state index in [1.807, 2.05) is 109 Å². The van der Waals surface area contributed by atoms with Crippen LogP contribution in [0.15, 0.2) is 279 Å². The molecule has 0 spiro atoms. The summed E-state index contributed by atoms with van der Waals surface area (Å²) in [4.78, 5) is 5.71. The molecular formula is C54H24N6. The van der Waals surface area contributed by atoms with Gasteiger partial charge in [-0.25, -0.2) is 0 Å². The molecule has 1 saturated carbocycles. The molecule has 0 aromatic heterocycles. The summed E-state index contributed by atoms with van der Waals surface area (Å²) in [6.07, 6.45) is 22.6. The molecule has 3 aliphatic heterocycles. The second-order valence-electron chi connectivity index (χ2n) is 11.3. The summed E-state index contributed by atoms with van der Waals surface area (Å²) >= 11 is 0. The predicted octanol–water partition coefficient (Wildman–Crippen LogP) is 8.52. The fourth-order valence-corrected chi connectivity index (χ4v) is 4.03. The van der Waals surface area contributed by atoms with Crippen molar-refractivity contribution < 1.29 is 0 Å². The summed E-state index contributed by atoms with van der Waals surface area (Å²) in [6.45, 7) is 0. The lowest BCUT2D eigenvalue weighted by atomic mass is 9.82. The minimum atomic E-state index is -0.260. The normalized spacial score (nSPS) is 12.7. The third-order valence-corrected chi connectivity index (χ3v) is 6.93. The Balaban J connectivity index is 1.85. The molecule has 270 valence electrons. The number of nitrogens with one attached hydrogen (secondary N) is 3. The molecule has 4 aliphatic rings. The molecule has 0 unspecified atom stereocenters. The van der Waals surface area contributed by atoms with Gasteiger partial charge in [0, 0.05) is 75.1 Å². The molecule has 4 rings (SSSR count). The smallest absolute Gasteiger partial charge is 0.0897 e. The van der Waals surface area contributed by atoms with Crippen molar-refractivity contribution in [3.63, 3.8) is 0 Å². The number of allylic oxidation sites excluding steroid dienone is 12. The second-order valence-corrected chi connectivity index (χ2v) is 11.3. The van der Waals surface area contributed by atoms with Crippen molar-refractivity contribution >= 4 is 17.1 Å². The molecule has 1 aliphatic carbocycles. The average molecular weight is 757 g/mol. The van der Waals surface area contributed by atoms with Crippen molar-refractivity contribution in [1.82, 2.24) is 14.7 Å². The number of hydrogen-bond acceptors (Lipinski definition) is 6. The van der Waals surface area contributed by atoms with E-state index in [1.165, 1.54) is 0 Å². The van der Waals surface area contributed by atoms with Gasteiger partial charge in [0.15, 0.2) is 0 Å². The quantitative estimate of drug-likeness (QED) is 0.217. The topological polar surface area (TPSA) is 81.3 Å². The summed E-state index contributed by atoms with van der Waals surface area (Å²) in [5, 5.41) is 26.1. The zero-order valence-corrected chi connectivity index (χ0v) is 32.3. The summed E-state index contributed by atoms with van der Waals surface area (Å²) < 4.78 is 0. The van der Waals surface area contributed by atoms with E-state index in [0.717, 1.165) is 16.7 Å². The maximum atomic E-state index is 8.71. The first-order valence-electron chi connectivity index (χ1n) is 17.1. The van der Waals surface area contributed by atoms with Gasteiger partial charge < -0.3 is 14.7 Å². The molecule has 0 radical (unpaired) electrons. The monoisotopic (exact) mass is 756 g/mol. The highest BCUT2D eigenvalue weighted by Gasteiger charge is 2.31. The van der Waals surface area contributed by atoms with Crippen molar-refractivity contribution in [2.24, 2.45) is 0 Å². The van der Waals surface area contributed by atoms with Gasteiger partial charge in [0.2, 0.25) is 0 Å². The fourth-order valence-electron chi connectivity index (χ4n) is 4.03. The fraction of sp³-hybridized carbons (Fsp3) is 0.0556. The van der Waals surface area contributed by atoms with Crippen LogP contribution in [0.1, 0.15) is 0 Å². The molecule has 1 fully saturated rings. The first-order chi connectivity index (χ1) is 29.3. The summed E-state index contributed by atoms with van der Waals surface area (Å²) in [5.74, 6) is 0. The van der Waals surface area contributed by atoms with Crippen molar-refractivity contribution in [1.29, 1.82) is 16.2 Å². The average Bonchev–Trinajstić information content (AvgIpc) is 3.25. The number of hydrogen-bond donors (Lipinski definition) is 3. The largest absolute Gasteiger partial charge is 0.357 e. The maximum absolute atomic E-state index is 8.71. The summed E-state index contributed by atoms with van der Waals surface area (Å²) in [5.41, 5.74) is 80.9. The van der Waals surface area contributed by atoms with Crippen molar-refractivity contribution in [3.05, 3.63) is 279 Å². The van der Waals surface area contributed by atoms with Crippen LogP contribution in [0.2, 0.25) is 0 Å². The van der Waals surface area contributed by atoms with Gasteiger partial charge in [0.1, 0.15) is 0 Å². The van der Waals surface area contributed by atoms with Gasteiger partial charge in [0.25, 0.3) is 0 Å². The number of nitrogens with zero attached hydrogens (tertiary/aromatic N) is 3. The molecule has 6 heteroatoms. The Kier molecular flexibility index (Phi) is 16.9. The molecule has 0 amide bonds. The third-order valence-electron chi connectivity index (χ3n) is 6.93. The van der Waals surface area contributed by atoms with Crippen LogP contribution in [-0.4, -0.2) is 53.0 Å². The van der Waals surface area contributed by atoms with Gasteiger partial charge in [-0.2, -0.15) is 0 Å². The van der Waals surface area contributed by atoms with Gasteiger partial charge in [-0.1, -0.05) is 17.2 Å². The maximum Gasteiger partial charge on any atom is 0.0897 e. The van der Waals surface area contributed by atoms with Crippen LogP contribution in [0.25, 0.3) is 0 Å². The third kappa shape index (κ3) is 15.1. The first kappa shape index (κ1) is 42.2. The van der Waals surface area contributed by atoms with Crippen LogP contribution in [0.3, 0.4) is 0 Å². The van der Waals surface area contributed by atoms with E-state index in [9.17, 15) is 0 Å². The van der Waals surface area contributed by atoms with Crippen molar-refractivity contribution in [2.75, 3.05) is 21.1 Å². The molecule has 0 bridgehead atoms. The second kappa shape index (κ2) is 24.0. The van der Waals surface area contributed by atoms with Crippen LogP contribution in [0.4, 0.5) is 0 Å². The zero-order chi connectivity index (χ0) is 42.6. The highest BCUT2D eigenvalue weighted by atomic mass is 15.1. The van der Waals surface area contributed by atoms with E-state index < -0.39 is 0 Å². The molecule has 0 aromatic rings. The van der Waals surface area contributed by atoms with Crippen LogP contribution >= 0.6 is 0 Å². The first-order valence-corrected chi connectivity index (χ1v) is 17.1. The van der Waals surface area contributed by atoms with E-state index in [4.69, 9.17) is 16.2 Å². The van der Waals surface area contributed by atoms with E-state index in [0.29, 0.717) is 0 Å². The van der Waals surface area contributed by atoms with Crippen molar-refractivity contribution in [3.8, 4) is 0 Å². The minimum Gasteiger partial charge on any atom is -0.357 e. The van der Waals surface area contributed by atoms with Gasteiger partial charge in [-0.3, -0.25) is 16.2 Å². The molecule has 0 aromatic carbocycles. The zero-order valence-electron chi connectivity index (χ0n) is 32.3. The van der Waals surface area contributed by atoms with Gasteiger partial charge >= 0.3 is 0 Å². The Labute approximate surface area is 346 Å². The standard InChI is InChI=1S/C54H24N6/c1-58-40-34-46(35-41-58)28-22-16-10-4-7-13-19-25-31-49-52(55)50(32-26-20-14-8-5-11-17-23-29-47-36-42-59(2)43-37-47)54(57)51(53(49)56)33-27-21-15-9-6-12-18-24-30-48-38-44-60(3)45-39-48/h34-45,55-57H,1-3H3. The molecule has 60 heavy (non-hydrogen) atoms. The van der Waals surface area contributed by atoms with E-state index in [-0.39, 0.29) is 33.9 Å². The van der Waals surface area contributed by atoms with Crippen LogP contribution < -0.4 is 0 Å².